The van der Waals surface area contributed by atoms with E-state index in [0.29, 0.717) is 15.6 Å². The lowest BCUT2D eigenvalue weighted by Crippen LogP contribution is -2.11. The van der Waals surface area contributed by atoms with Gasteiger partial charge >= 0.3 is 0 Å². The molecule has 0 bridgehead atoms. The molecule has 1 aliphatic carbocycles. The van der Waals surface area contributed by atoms with Crippen LogP contribution in [0.4, 0.5) is 5.69 Å². The van der Waals surface area contributed by atoms with Gasteiger partial charge in [0.15, 0.2) is 0 Å². The summed E-state index contributed by atoms with van der Waals surface area (Å²) in [6.07, 6.45) is 4.43. The van der Waals surface area contributed by atoms with Gasteiger partial charge in [-0.25, -0.2) is 0 Å². The van der Waals surface area contributed by atoms with Crippen LogP contribution in [0.3, 0.4) is 0 Å². The maximum absolute atomic E-state index is 12.2. The largest absolute Gasteiger partial charge is 0.399 e. The van der Waals surface area contributed by atoms with E-state index in [-0.39, 0.29) is 5.25 Å². The van der Waals surface area contributed by atoms with Crippen molar-refractivity contribution in [1.29, 1.82) is 0 Å². The summed E-state index contributed by atoms with van der Waals surface area (Å²) in [7, 11) is -0.993. The molecule has 1 aromatic rings. The molecular weight excluding hydrogens is 230 g/mol. The Morgan fingerprint density at radius 1 is 1.33 bits per heavy atom. The quantitative estimate of drug-likeness (QED) is 0.812. The molecule has 4 heteroatoms. The molecule has 0 heterocycles. The average Bonchev–Trinajstić information content (AvgIpc) is 2.74. The van der Waals surface area contributed by atoms with Gasteiger partial charge in [-0.15, -0.1) is 0 Å². The number of hydrogen-bond acceptors (Lipinski definition) is 2. The van der Waals surface area contributed by atoms with Crippen LogP contribution < -0.4 is 5.73 Å². The standard InChI is InChI=1S/C11H14ClNOS/c12-10-6-5-8(13)7-11(10)15(14)9-3-1-2-4-9/h5-7,9H,1-4,13H2. The second kappa shape index (κ2) is 4.54. The van der Waals surface area contributed by atoms with E-state index in [1.54, 1.807) is 18.2 Å². The van der Waals surface area contributed by atoms with E-state index in [1.807, 2.05) is 0 Å². The minimum atomic E-state index is -0.993. The highest BCUT2D eigenvalue weighted by atomic mass is 35.5. The van der Waals surface area contributed by atoms with Crippen molar-refractivity contribution in [2.75, 3.05) is 5.73 Å². The van der Waals surface area contributed by atoms with Crippen LogP contribution in [-0.4, -0.2) is 9.46 Å². The Kier molecular flexibility index (Phi) is 3.32. The fraction of sp³-hybridized carbons (Fsp3) is 0.455. The summed E-state index contributed by atoms with van der Waals surface area (Å²) in [5.74, 6) is 0. The molecule has 1 unspecified atom stereocenters. The Labute approximate surface area is 97.3 Å². The van der Waals surface area contributed by atoms with Crippen LogP contribution in [0.1, 0.15) is 25.7 Å². The highest BCUT2D eigenvalue weighted by Gasteiger charge is 2.24. The molecule has 1 fully saturated rings. The first kappa shape index (κ1) is 11.0. The van der Waals surface area contributed by atoms with E-state index in [4.69, 9.17) is 17.3 Å². The van der Waals surface area contributed by atoms with Gasteiger partial charge in [0.2, 0.25) is 0 Å². The topological polar surface area (TPSA) is 43.1 Å². The van der Waals surface area contributed by atoms with E-state index in [2.05, 4.69) is 0 Å². The summed E-state index contributed by atoms with van der Waals surface area (Å²) in [4.78, 5) is 0.698. The van der Waals surface area contributed by atoms with Crippen molar-refractivity contribution in [2.24, 2.45) is 0 Å². The van der Waals surface area contributed by atoms with Crippen LogP contribution in [0.5, 0.6) is 0 Å². The van der Waals surface area contributed by atoms with Gasteiger partial charge < -0.3 is 5.73 Å². The first-order valence-corrected chi connectivity index (χ1v) is 6.73. The summed E-state index contributed by atoms with van der Waals surface area (Å²) in [5, 5.41) is 0.832. The number of nitrogens with two attached hydrogens (primary N) is 1. The van der Waals surface area contributed by atoms with E-state index in [1.165, 1.54) is 12.8 Å². The summed E-state index contributed by atoms with van der Waals surface area (Å²) < 4.78 is 12.2. The maximum atomic E-state index is 12.2. The van der Waals surface area contributed by atoms with Gasteiger partial charge in [0.05, 0.1) is 20.7 Å². The second-order valence-electron chi connectivity index (χ2n) is 3.89. The predicted octanol–water partition coefficient (Wildman–Crippen LogP) is 2.97. The first-order valence-electron chi connectivity index (χ1n) is 5.14. The molecule has 1 saturated carbocycles. The number of halogens is 1. The highest BCUT2D eigenvalue weighted by Crippen LogP contribution is 2.30. The SMILES string of the molecule is Nc1ccc(Cl)c(S(=O)C2CCCC2)c1. The summed E-state index contributed by atoms with van der Waals surface area (Å²) in [6.45, 7) is 0. The normalized spacial score (nSPS) is 19.3. The molecule has 0 spiro atoms. The van der Waals surface area contributed by atoms with E-state index in [0.717, 1.165) is 12.8 Å². The zero-order valence-electron chi connectivity index (χ0n) is 8.41. The third-order valence-electron chi connectivity index (χ3n) is 2.78. The van der Waals surface area contributed by atoms with Gasteiger partial charge in [0.25, 0.3) is 0 Å². The lowest BCUT2D eigenvalue weighted by atomic mass is 10.3. The van der Waals surface area contributed by atoms with Crippen LogP contribution >= 0.6 is 11.6 Å². The molecule has 2 N–H and O–H groups in total. The average molecular weight is 244 g/mol. The molecule has 1 aliphatic rings. The zero-order chi connectivity index (χ0) is 10.8. The Morgan fingerprint density at radius 3 is 2.67 bits per heavy atom. The molecule has 2 nitrogen and oxygen atoms in total. The van der Waals surface area contributed by atoms with Gasteiger partial charge in [-0.2, -0.15) is 0 Å². The first-order chi connectivity index (χ1) is 7.18. The Hall–Kier alpha value is -0.540. The number of rotatable bonds is 2. The van der Waals surface area contributed by atoms with E-state index >= 15 is 0 Å². The summed E-state index contributed by atoms with van der Waals surface area (Å²) >= 11 is 6.02. The minimum absolute atomic E-state index is 0.268. The fourth-order valence-electron chi connectivity index (χ4n) is 1.96. The monoisotopic (exact) mass is 243 g/mol. The molecule has 82 valence electrons. The second-order valence-corrected chi connectivity index (χ2v) is 6.00. The fourth-order valence-corrected chi connectivity index (χ4v) is 3.93. The molecule has 0 saturated heterocycles. The number of benzene rings is 1. The van der Waals surface area contributed by atoms with Crippen molar-refractivity contribution in [1.82, 2.24) is 0 Å². The third kappa shape index (κ3) is 2.34. The zero-order valence-corrected chi connectivity index (χ0v) is 9.98. The van der Waals surface area contributed by atoms with Crippen LogP contribution in [-0.2, 0) is 10.8 Å². The molecule has 15 heavy (non-hydrogen) atoms. The Balaban J connectivity index is 2.27. The Bertz CT molecular complexity index is 388. The number of anilines is 1. The minimum Gasteiger partial charge on any atom is -0.399 e. The van der Waals surface area contributed by atoms with Crippen molar-refractivity contribution in [3.63, 3.8) is 0 Å². The van der Waals surface area contributed by atoms with E-state index < -0.39 is 10.8 Å². The molecule has 0 aromatic heterocycles. The van der Waals surface area contributed by atoms with Gasteiger partial charge in [-0.05, 0) is 31.0 Å². The highest BCUT2D eigenvalue weighted by molar-refractivity contribution is 7.85. The predicted molar refractivity (Wildman–Crippen MR) is 64.5 cm³/mol. The lowest BCUT2D eigenvalue weighted by Gasteiger charge is -2.11. The van der Waals surface area contributed by atoms with Crippen molar-refractivity contribution < 1.29 is 4.21 Å². The molecule has 0 aliphatic heterocycles. The van der Waals surface area contributed by atoms with Gasteiger partial charge in [0.1, 0.15) is 0 Å². The molecule has 1 aromatic carbocycles. The summed E-state index contributed by atoms with van der Waals surface area (Å²) in [6, 6.07) is 5.19. The lowest BCUT2D eigenvalue weighted by molar-refractivity contribution is 0.669. The summed E-state index contributed by atoms with van der Waals surface area (Å²) in [5.41, 5.74) is 6.30. The molecule has 1 atom stereocenters. The van der Waals surface area contributed by atoms with Gasteiger partial charge in [-0.1, -0.05) is 24.4 Å². The van der Waals surface area contributed by atoms with Crippen molar-refractivity contribution in [2.45, 2.75) is 35.8 Å². The van der Waals surface area contributed by atoms with Gasteiger partial charge in [0, 0.05) is 10.9 Å². The van der Waals surface area contributed by atoms with Crippen molar-refractivity contribution in [3.8, 4) is 0 Å². The van der Waals surface area contributed by atoms with Crippen LogP contribution in [0.2, 0.25) is 5.02 Å². The van der Waals surface area contributed by atoms with Gasteiger partial charge in [-0.3, -0.25) is 4.21 Å². The van der Waals surface area contributed by atoms with Crippen LogP contribution in [0, 0.1) is 0 Å². The van der Waals surface area contributed by atoms with E-state index in [9.17, 15) is 4.21 Å². The van der Waals surface area contributed by atoms with Crippen LogP contribution in [0.25, 0.3) is 0 Å². The Morgan fingerprint density at radius 2 is 2.00 bits per heavy atom. The van der Waals surface area contributed by atoms with Crippen LogP contribution in [0.15, 0.2) is 23.1 Å². The molecule has 0 amide bonds. The number of nitrogen functional groups attached to an aromatic ring is 1. The molecule has 2 rings (SSSR count). The van der Waals surface area contributed by atoms with Crippen molar-refractivity contribution >= 4 is 28.1 Å². The molecular formula is C11H14ClNOS. The maximum Gasteiger partial charge on any atom is 0.0597 e. The third-order valence-corrected chi connectivity index (χ3v) is 5.07. The number of hydrogen-bond donors (Lipinski definition) is 1. The molecule has 0 radical (unpaired) electrons. The smallest absolute Gasteiger partial charge is 0.0597 e. The van der Waals surface area contributed by atoms with Crippen molar-refractivity contribution in [3.05, 3.63) is 23.2 Å².